The van der Waals surface area contributed by atoms with Crippen molar-refractivity contribution in [2.24, 2.45) is 0 Å². The maximum atomic E-state index is 12.9. The second-order valence-electron chi connectivity index (χ2n) is 5.79. The largest absolute Gasteiger partial charge is 0.320 e. The Labute approximate surface area is 152 Å². The molecule has 5 nitrogen and oxygen atoms in total. The predicted molar refractivity (Wildman–Crippen MR) is 96.4 cm³/mol. The van der Waals surface area contributed by atoms with E-state index in [1.54, 1.807) is 0 Å². The number of aromatic nitrogens is 2. The van der Waals surface area contributed by atoms with E-state index >= 15 is 0 Å². The van der Waals surface area contributed by atoms with Gasteiger partial charge in [0.15, 0.2) is 0 Å². The van der Waals surface area contributed by atoms with Crippen LogP contribution in [-0.2, 0) is 19.5 Å². The highest BCUT2D eigenvalue weighted by Gasteiger charge is 2.20. The molecule has 0 unspecified atom stereocenters. The van der Waals surface area contributed by atoms with Gasteiger partial charge in [-0.3, -0.25) is 9.69 Å². The summed E-state index contributed by atoms with van der Waals surface area (Å²) < 4.78 is 12.9. The second kappa shape index (κ2) is 6.99. The molecule has 1 amide bonds. The molecule has 1 aliphatic heterocycles. The van der Waals surface area contributed by atoms with Crippen LogP contribution in [-0.4, -0.2) is 27.5 Å². The first kappa shape index (κ1) is 16.3. The fraction of sp³-hybridized carbons (Fsp3) is 0.235. The van der Waals surface area contributed by atoms with E-state index in [4.69, 9.17) is 0 Å². The summed E-state index contributed by atoms with van der Waals surface area (Å²) in [5.74, 6) is -0.666. The van der Waals surface area contributed by atoms with Gasteiger partial charge in [-0.25, -0.2) is 4.39 Å². The van der Waals surface area contributed by atoms with E-state index in [1.807, 2.05) is 11.3 Å². The molecule has 0 bridgehead atoms. The minimum atomic E-state index is -0.341. The predicted octanol–water partition coefficient (Wildman–Crippen LogP) is 3.55. The van der Waals surface area contributed by atoms with Crippen molar-refractivity contribution in [2.75, 3.05) is 11.9 Å². The molecule has 0 saturated heterocycles. The second-order valence-corrected chi connectivity index (χ2v) is 7.85. The molecule has 0 saturated carbocycles. The van der Waals surface area contributed by atoms with Gasteiger partial charge >= 0.3 is 0 Å². The van der Waals surface area contributed by atoms with Crippen molar-refractivity contribution >= 4 is 34.3 Å². The third kappa shape index (κ3) is 3.76. The van der Waals surface area contributed by atoms with E-state index in [0.717, 1.165) is 24.5 Å². The molecule has 3 aromatic rings. The molecule has 1 N–H and O–H groups in total. The number of rotatable bonds is 4. The third-order valence-corrected chi connectivity index (χ3v) is 5.94. The van der Waals surface area contributed by atoms with Gasteiger partial charge in [0.05, 0.1) is 6.54 Å². The highest BCUT2D eigenvalue weighted by atomic mass is 32.1. The number of amides is 1. The molecule has 0 aliphatic carbocycles. The maximum absolute atomic E-state index is 12.9. The smallest absolute Gasteiger partial charge is 0.286 e. The number of nitrogens with zero attached hydrogens (tertiary/aromatic N) is 3. The highest BCUT2D eigenvalue weighted by molar-refractivity contribution is 7.13. The summed E-state index contributed by atoms with van der Waals surface area (Å²) in [7, 11) is 0. The highest BCUT2D eigenvalue weighted by Crippen LogP contribution is 2.25. The number of nitrogens with one attached hydrogen (secondary N) is 1. The van der Waals surface area contributed by atoms with E-state index in [2.05, 4.69) is 31.9 Å². The number of fused-ring (bicyclic) bond motifs is 1. The molecule has 0 atom stereocenters. The zero-order chi connectivity index (χ0) is 17.2. The molecule has 1 aromatic carbocycles. The summed E-state index contributed by atoms with van der Waals surface area (Å²) in [5.41, 5.74) is 1.92. The van der Waals surface area contributed by atoms with Crippen LogP contribution in [0.25, 0.3) is 0 Å². The average Bonchev–Trinajstić information content (AvgIpc) is 3.26. The maximum Gasteiger partial charge on any atom is 0.286 e. The summed E-state index contributed by atoms with van der Waals surface area (Å²) in [6, 6.07) is 7.81. The van der Waals surface area contributed by atoms with Crippen LogP contribution in [0.5, 0.6) is 0 Å². The van der Waals surface area contributed by atoms with Crippen molar-refractivity contribution in [1.29, 1.82) is 0 Å². The molecule has 128 valence electrons. The van der Waals surface area contributed by atoms with E-state index in [0.29, 0.717) is 17.2 Å². The standard InChI is InChI=1S/C17H15FN4OS2/c18-12-1-3-13(4-2-12)19-16(23)17-21-20-15(25-17)10-22-7-5-14-11(9-22)6-8-24-14/h1-4,6,8H,5,7,9-10H2,(H,19,23). The SMILES string of the molecule is O=C(Nc1ccc(F)cc1)c1nnc(CN2CCc3sccc3C2)s1. The lowest BCUT2D eigenvalue weighted by molar-refractivity contribution is 0.102. The molecule has 0 radical (unpaired) electrons. The van der Waals surface area contributed by atoms with Crippen molar-refractivity contribution in [1.82, 2.24) is 15.1 Å². The molecule has 25 heavy (non-hydrogen) atoms. The summed E-state index contributed by atoms with van der Waals surface area (Å²) in [6.45, 7) is 2.59. The summed E-state index contributed by atoms with van der Waals surface area (Å²) in [4.78, 5) is 16.0. The number of carbonyl (C=O) groups is 1. The Kier molecular flexibility index (Phi) is 4.56. The Morgan fingerprint density at radius 2 is 2.08 bits per heavy atom. The van der Waals surface area contributed by atoms with Crippen LogP contribution in [0.15, 0.2) is 35.7 Å². The van der Waals surface area contributed by atoms with Gasteiger partial charge in [0, 0.05) is 23.7 Å². The van der Waals surface area contributed by atoms with Crippen molar-refractivity contribution < 1.29 is 9.18 Å². The van der Waals surface area contributed by atoms with E-state index in [1.165, 1.54) is 46.0 Å². The number of anilines is 1. The fourth-order valence-electron chi connectivity index (χ4n) is 2.76. The Hall–Kier alpha value is -2.16. The summed E-state index contributed by atoms with van der Waals surface area (Å²) in [5, 5.41) is 14.1. The van der Waals surface area contributed by atoms with E-state index in [-0.39, 0.29) is 11.7 Å². The molecular formula is C17H15FN4OS2. The Morgan fingerprint density at radius 1 is 1.24 bits per heavy atom. The third-order valence-electron chi connectivity index (χ3n) is 4.01. The van der Waals surface area contributed by atoms with Gasteiger partial charge in [-0.2, -0.15) is 0 Å². The molecule has 1 aliphatic rings. The lowest BCUT2D eigenvalue weighted by atomic mass is 10.1. The Balaban J connectivity index is 1.38. The minimum Gasteiger partial charge on any atom is -0.320 e. The lowest BCUT2D eigenvalue weighted by Crippen LogP contribution is -2.29. The molecule has 8 heteroatoms. The number of carbonyl (C=O) groups excluding carboxylic acids is 1. The van der Waals surface area contributed by atoms with Crippen LogP contribution in [0.1, 0.15) is 25.3 Å². The van der Waals surface area contributed by atoms with Gasteiger partial charge < -0.3 is 5.32 Å². The number of benzene rings is 1. The van der Waals surface area contributed by atoms with Crippen LogP contribution < -0.4 is 5.32 Å². The normalized spacial score (nSPS) is 14.3. The average molecular weight is 374 g/mol. The molecular weight excluding hydrogens is 359 g/mol. The van der Waals surface area contributed by atoms with Crippen molar-refractivity contribution in [3.8, 4) is 0 Å². The molecule has 3 heterocycles. The molecule has 0 spiro atoms. The first-order valence-electron chi connectivity index (χ1n) is 7.84. The quantitative estimate of drug-likeness (QED) is 0.759. The molecule has 2 aromatic heterocycles. The summed E-state index contributed by atoms with van der Waals surface area (Å²) >= 11 is 3.11. The van der Waals surface area contributed by atoms with Crippen LogP contribution in [0.3, 0.4) is 0 Å². The van der Waals surface area contributed by atoms with Crippen molar-refractivity contribution in [2.45, 2.75) is 19.5 Å². The molecule has 0 fully saturated rings. The minimum absolute atomic E-state index is 0.313. The van der Waals surface area contributed by atoms with Gasteiger partial charge in [-0.15, -0.1) is 21.5 Å². The van der Waals surface area contributed by atoms with Gasteiger partial charge in [0.25, 0.3) is 5.91 Å². The van der Waals surface area contributed by atoms with Crippen LogP contribution >= 0.6 is 22.7 Å². The van der Waals surface area contributed by atoms with E-state index < -0.39 is 0 Å². The summed E-state index contributed by atoms with van der Waals surface area (Å²) in [6.07, 6.45) is 1.06. The first-order valence-corrected chi connectivity index (χ1v) is 9.54. The number of hydrogen-bond acceptors (Lipinski definition) is 6. The number of thiophene rings is 1. The molecule has 4 rings (SSSR count). The van der Waals surface area contributed by atoms with Crippen LogP contribution in [0, 0.1) is 5.82 Å². The van der Waals surface area contributed by atoms with Crippen molar-refractivity contribution in [3.05, 3.63) is 62.0 Å². The lowest BCUT2D eigenvalue weighted by Gasteiger charge is -2.25. The topological polar surface area (TPSA) is 58.1 Å². The van der Waals surface area contributed by atoms with Gasteiger partial charge in [0.2, 0.25) is 5.01 Å². The fourth-order valence-corrected chi connectivity index (χ4v) is 4.43. The monoisotopic (exact) mass is 374 g/mol. The number of halogens is 1. The van der Waals surface area contributed by atoms with Gasteiger partial charge in [-0.05, 0) is 47.7 Å². The Bertz CT molecular complexity index is 890. The Morgan fingerprint density at radius 3 is 2.92 bits per heavy atom. The zero-order valence-electron chi connectivity index (χ0n) is 13.2. The van der Waals surface area contributed by atoms with Crippen LogP contribution in [0.2, 0.25) is 0 Å². The van der Waals surface area contributed by atoms with Crippen LogP contribution in [0.4, 0.5) is 10.1 Å². The van der Waals surface area contributed by atoms with Crippen molar-refractivity contribution in [3.63, 3.8) is 0 Å². The van der Waals surface area contributed by atoms with E-state index in [9.17, 15) is 9.18 Å². The van der Waals surface area contributed by atoms with Gasteiger partial charge in [-0.1, -0.05) is 11.3 Å². The zero-order valence-corrected chi connectivity index (χ0v) is 14.9. The van der Waals surface area contributed by atoms with Gasteiger partial charge in [0.1, 0.15) is 10.8 Å². The number of hydrogen-bond donors (Lipinski definition) is 1. The first-order chi connectivity index (χ1) is 12.2.